The molecule has 0 aromatic carbocycles. The predicted molar refractivity (Wildman–Crippen MR) is 115 cm³/mol. The van der Waals surface area contributed by atoms with Crippen LogP contribution in [0.25, 0.3) is 0 Å². The maximum absolute atomic E-state index is 12.4. The summed E-state index contributed by atoms with van der Waals surface area (Å²) in [7, 11) is -2.25. The summed E-state index contributed by atoms with van der Waals surface area (Å²) in [6.45, 7) is 12.3. The van der Waals surface area contributed by atoms with Crippen molar-refractivity contribution in [3.63, 3.8) is 0 Å². The van der Waals surface area contributed by atoms with Crippen LogP contribution in [0.1, 0.15) is 6.92 Å². The lowest BCUT2D eigenvalue weighted by Crippen LogP contribution is -2.18. The van der Waals surface area contributed by atoms with Crippen LogP contribution in [0.3, 0.4) is 0 Å². The van der Waals surface area contributed by atoms with Gasteiger partial charge in [-0.15, -0.1) is 0 Å². The van der Waals surface area contributed by atoms with E-state index in [1.54, 1.807) is 41.7 Å². The van der Waals surface area contributed by atoms with Gasteiger partial charge in [0.15, 0.2) is 15.6 Å². The Morgan fingerprint density at radius 3 is 2.19 bits per heavy atom. The number of halogens is 1. The third-order valence-corrected chi connectivity index (χ3v) is 5.63. The van der Waals surface area contributed by atoms with Crippen molar-refractivity contribution in [2.45, 2.75) is 6.92 Å². The van der Waals surface area contributed by atoms with Gasteiger partial charge in [0.2, 0.25) is 0 Å². The third-order valence-electron chi connectivity index (χ3n) is 3.03. The Labute approximate surface area is 168 Å². The molecule has 0 saturated carbocycles. The molecule has 0 aliphatic heterocycles. The van der Waals surface area contributed by atoms with Crippen molar-refractivity contribution in [3.05, 3.63) is 81.9 Å². The molecule has 0 saturated heterocycles. The van der Waals surface area contributed by atoms with E-state index < -0.39 is 21.4 Å². The van der Waals surface area contributed by atoms with E-state index in [1.807, 2.05) is 0 Å². The molecule has 26 heavy (non-hydrogen) atoms. The molecule has 0 atom stereocenters. The van der Waals surface area contributed by atoms with E-state index in [0.29, 0.717) is 0 Å². The van der Waals surface area contributed by atoms with Gasteiger partial charge < -0.3 is 5.32 Å². The number of likely N-dealkylation sites (N-methyl/N-ethyl adjacent to an activating group) is 1. The second kappa shape index (κ2) is 11.6. The number of allylic oxidation sites excluding steroid dienone is 7. The highest BCUT2D eigenvalue weighted by Crippen LogP contribution is 2.18. The minimum absolute atomic E-state index is 0.0111. The quantitative estimate of drug-likeness (QED) is 0.291. The van der Waals surface area contributed by atoms with Gasteiger partial charge in [-0.05, 0) is 47.7 Å². The number of hydrogen-bond acceptors (Lipinski definition) is 4. The molecule has 0 rings (SSSR count). The topological polar surface area (TPSA) is 80.3 Å². The van der Waals surface area contributed by atoms with Crippen LogP contribution in [-0.4, -0.2) is 32.9 Å². The Kier molecular flexibility index (Phi) is 10.7. The van der Waals surface area contributed by atoms with E-state index in [9.17, 15) is 18.0 Å². The van der Waals surface area contributed by atoms with E-state index in [2.05, 4.69) is 25.1 Å². The SMILES string of the molecule is C=C/C(=C\C=C(/I)C(=O)C(=C)CS(=O)(=O)/C(C=C)=C/C=C/C)C(=O)NC. The van der Waals surface area contributed by atoms with Gasteiger partial charge in [0.1, 0.15) is 0 Å². The molecular weight excluding hydrogens is 465 g/mol. The smallest absolute Gasteiger partial charge is 0.250 e. The first-order chi connectivity index (χ1) is 12.1. The van der Waals surface area contributed by atoms with E-state index in [1.165, 1.54) is 37.4 Å². The fourth-order valence-corrected chi connectivity index (χ4v) is 3.51. The second-order valence-corrected chi connectivity index (χ2v) is 8.06. The minimum atomic E-state index is -3.73. The lowest BCUT2D eigenvalue weighted by molar-refractivity contribution is -0.116. The molecule has 0 aromatic rings. The van der Waals surface area contributed by atoms with Gasteiger partial charge in [-0.25, -0.2) is 8.42 Å². The van der Waals surface area contributed by atoms with Crippen molar-refractivity contribution in [2.24, 2.45) is 0 Å². The third kappa shape index (κ3) is 7.49. The highest BCUT2D eigenvalue weighted by Gasteiger charge is 2.21. The number of carbonyl (C=O) groups is 2. The maximum Gasteiger partial charge on any atom is 0.250 e. The minimum Gasteiger partial charge on any atom is -0.355 e. The van der Waals surface area contributed by atoms with Crippen LogP contribution in [0, 0.1) is 0 Å². The van der Waals surface area contributed by atoms with E-state index >= 15 is 0 Å². The monoisotopic (exact) mass is 487 g/mol. The first-order valence-electron chi connectivity index (χ1n) is 7.47. The number of sulfone groups is 1. The fourth-order valence-electron chi connectivity index (χ4n) is 1.66. The van der Waals surface area contributed by atoms with Crippen LogP contribution in [0.4, 0.5) is 0 Å². The molecule has 0 aliphatic rings. The molecule has 0 aromatic heterocycles. The Morgan fingerprint density at radius 1 is 1.12 bits per heavy atom. The van der Waals surface area contributed by atoms with Gasteiger partial charge in [0.25, 0.3) is 5.91 Å². The van der Waals surface area contributed by atoms with E-state index in [4.69, 9.17) is 0 Å². The average molecular weight is 487 g/mol. The van der Waals surface area contributed by atoms with Crippen molar-refractivity contribution in [3.8, 4) is 0 Å². The van der Waals surface area contributed by atoms with Crippen molar-refractivity contribution in [2.75, 3.05) is 12.8 Å². The Morgan fingerprint density at radius 2 is 1.73 bits per heavy atom. The van der Waals surface area contributed by atoms with Crippen LogP contribution in [0.15, 0.2) is 81.9 Å². The van der Waals surface area contributed by atoms with Crippen LogP contribution in [0.2, 0.25) is 0 Å². The summed E-state index contributed by atoms with van der Waals surface area (Å²) in [5.41, 5.74) is 0.198. The molecule has 7 heteroatoms. The maximum atomic E-state index is 12.4. The van der Waals surface area contributed by atoms with E-state index in [0.717, 1.165) is 0 Å². The zero-order chi connectivity index (χ0) is 20.3. The Bertz CT molecular complexity index is 828. The lowest BCUT2D eigenvalue weighted by atomic mass is 10.2. The summed E-state index contributed by atoms with van der Waals surface area (Å²) >= 11 is 1.77. The molecule has 0 aliphatic carbocycles. The van der Waals surface area contributed by atoms with Crippen LogP contribution in [-0.2, 0) is 19.4 Å². The first kappa shape index (κ1) is 24.0. The highest BCUT2D eigenvalue weighted by molar-refractivity contribution is 14.1. The number of nitrogens with one attached hydrogen (secondary N) is 1. The van der Waals surface area contributed by atoms with Gasteiger partial charge >= 0.3 is 0 Å². The molecule has 0 unspecified atom stereocenters. The van der Waals surface area contributed by atoms with Crippen LogP contribution in [0.5, 0.6) is 0 Å². The zero-order valence-corrected chi connectivity index (χ0v) is 17.8. The van der Waals surface area contributed by atoms with Crippen molar-refractivity contribution >= 4 is 44.1 Å². The normalized spacial score (nSPS) is 13.4. The van der Waals surface area contributed by atoms with E-state index in [-0.39, 0.29) is 25.5 Å². The Hall–Kier alpha value is -2.00. The summed E-state index contributed by atoms with van der Waals surface area (Å²) in [5.74, 6) is -1.38. The molecular formula is C19H22INO4S. The predicted octanol–water partition coefficient (Wildman–Crippen LogP) is 3.35. The molecule has 0 heterocycles. The molecule has 0 fully saturated rings. The van der Waals surface area contributed by atoms with Crippen molar-refractivity contribution < 1.29 is 18.0 Å². The molecule has 0 radical (unpaired) electrons. The van der Waals surface area contributed by atoms with Crippen molar-refractivity contribution in [1.82, 2.24) is 5.32 Å². The van der Waals surface area contributed by atoms with Crippen LogP contribution < -0.4 is 5.32 Å². The Balaban J connectivity index is 5.45. The molecule has 140 valence electrons. The lowest BCUT2D eigenvalue weighted by Gasteiger charge is -2.07. The summed E-state index contributed by atoms with van der Waals surface area (Å²) in [4.78, 5) is 23.9. The highest BCUT2D eigenvalue weighted by atomic mass is 127. The second-order valence-electron chi connectivity index (χ2n) is 4.91. The first-order valence-corrected chi connectivity index (χ1v) is 10.2. The van der Waals surface area contributed by atoms with Crippen LogP contribution >= 0.6 is 22.6 Å². The summed E-state index contributed by atoms with van der Waals surface area (Å²) in [5, 5.41) is 2.45. The summed E-state index contributed by atoms with van der Waals surface area (Å²) in [6, 6.07) is 0. The molecule has 5 nitrogen and oxygen atoms in total. The summed E-state index contributed by atoms with van der Waals surface area (Å²) in [6.07, 6.45) is 10.1. The molecule has 0 spiro atoms. The van der Waals surface area contributed by atoms with Gasteiger partial charge in [-0.2, -0.15) is 0 Å². The van der Waals surface area contributed by atoms with Gasteiger partial charge in [0, 0.05) is 18.2 Å². The standard InChI is InChI=1S/C19H22INO4S/c1-6-9-10-16(8-3)26(24,25)13-14(4)18(22)17(20)12-11-15(7-2)19(23)21-5/h6-12H,2-4,13H2,1,5H3,(H,21,23)/b9-6+,15-11+,16-10+,17-12-. The average Bonchev–Trinajstić information content (AvgIpc) is 2.60. The number of hydrogen-bond donors (Lipinski definition) is 1. The number of carbonyl (C=O) groups excluding carboxylic acids is 2. The number of Topliss-reactive ketones (excluding diaryl/α,β-unsaturated/α-hetero) is 1. The van der Waals surface area contributed by atoms with Gasteiger partial charge in [-0.1, -0.05) is 44.0 Å². The fraction of sp³-hybridized carbons (Fsp3) is 0.158. The zero-order valence-electron chi connectivity index (χ0n) is 14.8. The molecule has 1 N–H and O–H groups in total. The largest absolute Gasteiger partial charge is 0.355 e. The number of rotatable bonds is 10. The van der Waals surface area contributed by atoms with Gasteiger partial charge in [-0.3, -0.25) is 9.59 Å². The number of ketones is 1. The molecule has 0 bridgehead atoms. The number of amides is 1. The van der Waals surface area contributed by atoms with Crippen molar-refractivity contribution in [1.29, 1.82) is 0 Å². The molecule has 1 amide bonds. The summed E-state index contributed by atoms with van der Waals surface area (Å²) < 4.78 is 24.9. The van der Waals surface area contributed by atoms with Gasteiger partial charge in [0.05, 0.1) is 14.2 Å².